The molecule has 0 aromatic heterocycles. The molecule has 1 aromatic carbocycles. The van der Waals surface area contributed by atoms with Crippen molar-refractivity contribution in [3.8, 4) is 0 Å². The summed E-state index contributed by atoms with van der Waals surface area (Å²) in [5, 5.41) is 4.12. The van der Waals surface area contributed by atoms with Crippen molar-refractivity contribution in [3.05, 3.63) is 29.8 Å². The summed E-state index contributed by atoms with van der Waals surface area (Å²) >= 11 is 5.52. The lowest BCUT2D eigenvalue weighted by molar-refractivity contribution is 0.179. The van der Waals surface area contributed by atoms with Gasteiger partial charge in [-0.2, -0.15) is 0 Å². The molecule has 0 spiro atoms. The largest absolute Gasteiger partial charge is 0.383 e. The highest BCUT2D eigenvalue weighted by Crippen LogP contribution is 2.31. The summed E-state index contributed by atoms with van der Waals surface area (Å²) in [5.74, 6) is 0. The maximum Gasteiger partial charge on any atom is 0.174 e. The van der Waals surface area contributed by atoms with Crippen LogP contribution < -0.4 is 10.2 Å². The molecule has 3 nitrogen and oxygen atoms in total. The van der Waals surface area contributed by atoms with Gasteiger partial charge in [0.15, 0.2) is 5.11 Å². The zero-order valence-corrected chi connectivity index (χ0v) is 12.0. The Labute approximate surface area is 114 Å². The molecule has 98 valence electrons. The minimum atomic E-state index is 0.225. The highest BCUT2D eigenvalue weighted by molar-refractivity contribution is 7.80. The number of hydrogen-bond acceptors (Lipinski definition) is 2. The van der Waals surface area contributed by atoms with Crippen molar-refractivity contribution in [1.82, 2.24) is 5.32 Å². The van der Waals surface area contributed by atoms with E-state index < -0.39 is 0 Å². The van der Waals surface area contributed by atoms with E-state index in [1.165, 1.54) is 11.3 Å². The molecule has 0 bridgehead atoms. The van der Waals surface area contributed by atoms with Crippen molar-refractivity contribution in [2.45, 2.75) is 32.4 Å². The number of nitrogens with one attached hydrogen (secondary N) is 1. The maximum atomic E-state index is 5.52. The van der Waals surface area contributed by atoms with Crippen LogP contribution in [0.3, 0.4) is 0 Å². The van der Waals surface area contributed by atoms with Gasteiger partial charge < -0.3 is 15.0 Å². The van der Waals surface area contributed by atoms with Crippen LogP contribution in [-0.4, -0.2) is 30.9 Å². The summed E-state index contributed by atoms with van der Waals surface area (Å²) < 4.78 is 5.12. The Hall–Kier alpha value is -1.13. The Morgan fingerprint density at radius 2 is 2.28 bits per heavy atom. The molecule has 1 N–H and O–H groups in total. The van der Waals surface area contributed by atoms with Gasteiger partial charge in [0, 0.05) is 24.9 Å². The van der Waals surface area contributed by atoms with Crippen molar-refractivity contribution < 1.29 is 4.74 Å². The number of methoxy groups -OCH3 is 1. The van der Waals surface area contributed by atoms with Gasteiger partial charge in [0.2, 0.25) is 0 Å². The Bertz CT molecular complexity index is 436. The average molecular weight is 264 g/mol. The van der Waals surface area contributed by atoms with E-state index in [2.05, 4.69) is 48.3 Å². The molecule has 0 aliphatic carbocycles. The summed E-state index contributed by atoms with van der Waals surface area (Å²) in [7, 11) is 1.70. The summed E-state index contributed by atoms with van der Waals surface area (Å²) in [4.78, 5) is 2.21. The van der Waals surface area contributed by atoms with E-state index in [4.69, 9.17) is 17.0 Å². The van der Waals surface area contributed by atoms with Gasteiger partial charge in [-0.3, -0.25) is 0 Å². The van der Waals surface area contributed by atoms with E-state index in [0.717, 1.165) is 11.5 Å². The van der Waals surface area contributed by atoms with Crippen molar-refractivity contribution in [2.75, 3.05) is 18.6 Å². The zero-order valence-electron chi connectivity index (χ0n) is 11.1. The molecular formula is C14H20N2OS. The van der Waals surface area contributed by atoms with Crippen LogP contribution in [0.5, 0.6) is 0 Å². The number of benzene rings is 1. The predicted molar refractivity (Wildman–Crippen MR) is 79.2 cm³/mol. The summed E-state index contributed by atoms with van der Waals surface area (Å²) in [5.41, 5.74) is 2.60. The first-order valence-corrected chi connectivity index (χ1v) is 6.71. The molecule has 0 fully saturated rings. The smallest absolute Gasteiger partial charge is 0.174 e. The zero-order chi connectivity index (χ0) is 13.1. The highest BCUT2D eigenvalue weighted by Gasteiger charge is 2.28. The molecule has 0 saturated heterocycles. The van der Waals surface area contributed by atoms with Crippen molar-refractivity contribution in [1.29, 1.82) is 0 Å². The Morgan fingerprint density at radius 1 is 1.56 bits per heavy atom. The van der Waals surface area contributed by atoms with Gasteiger partial charge in [0.25, 0.3) is 0 Å². The molecule has 1 heterocycles. The number of thiocarbonyl (C=S) groups is 1. The third-order valence-electron chi connectivity index (χ3n) is 3.21. The normalized spacial score (nSPS) is 19.5. The monoisotopic (exact) mass is 264 g/mol. The Balaban J connectivity index is 2.11. The van der Waals surface area contributed by atoms with E-state index in [0.29, 0.717) is 12.6 Å². The fourth-order valence-electron chi connectivity index (χ4n) is 2.45. The first kappa shape index (κ1) is 13.3. The van der Waals surface area contributed by atoms with E-state index in [9.17, 15) is 0 Å². The Morgan fingerprint density at radius 3 is 3.00 bits per heavy atom. The molecule has 1 aliphatic heterocycles. The second-order valence-corrected chi connectivity index (χ2v) is 5.24. The standard InChI is InChI=1S/C14H20N2OS/c1-10(9-17-3)15-14(18)16-11(2)8-12-6-4-5-7-13(12)16/h4-7,10-11H,8-9H2,1-3H3,(H,15,18)/t10-,11+/m1/s1. The van der Waals surface area contributed by atoms with Crippen LogP contribution in [0.15, 0.2) is 24.3 Å². The first-order chi connectivity index (χ1) is 8.63. The fourth-order valence-corrected chi connectivity index (χ4v) is 2.93. The molecular weight excluding hydrogens is 244 g/mol. The van der Waals surface area contributed by atoms with Crippen LogP contribution in [0, 0.1) is 0 Å². The maximum absolute atomic E-state index is 5.52. The number of ether oxygens (including phenoxy) is 1. The van der Waals surface area contributed by atoms with Gasteiger partial charge >= 0.3 is 0 Å². The summed E-state index contributed by atoms with van der Waals surface area (Å²) in [6.07, 6.45) is 1.05. The van der Waals surface area contributed by atoms with Gasteiger partial charge in [-0.25, -0.2) is 0 Å². The second kappa shape index (κ2) is 5.67. The molecule has 1 aromatic rings. The van der Waals surface area contributed by atoms with Gasteiger partial charge in [0.05, 0.1) is 6.61 Å². The molecule has 18 heavy (non-hydrogen) atoms. The number of fused-ring (bicyclic) bond motifs is 1. The Kier molecular flexibility index (Phi) is 4.19. The summed E-state index contributed by atoms with van der Waals surface area (Å²) in [6, 6.07) is 9.09. The molecule has 0 amide bonds. The minimum absolute atomic E-state index is 0.225. The van der Waals surface area contributed by atoms with Crippen LogP contribution in [0.25, 0.3) is 0 Å². The number of anilines is 1. The summed E-state index contributed by atoms with van der Waals surface area (Å²) in [6.45, 7) is 4.93. The van der Waals surface area contributed by atoms with Crippen LogP contribution >= 0.6 is 12.2 Å². The number of para-hydroxylation sites is 1. The quantitative estimate of drug-likeness (QED) is 0.847. The van der Waals surface area contributed by atoms with Gasteiger partial charge in [-0.1, -0.05) is 18.2 Å². The van der Waals surface area contributed by atoms with Gasteiger partial charge in [0.1, 0.15) is 0 Å². The van der Waals surface area contributed by atoms with E-state index >= 15 is 0 Å². The van der Waals surface area contributed by atoms with Gasteiger partial charge in [-0.15, -0.1) is 0 Å². The third kappa shape index (κ3) is 2.65. The van der Waals surface area contributed by atoms with Crippen molar-refractivity contribution in [3.63, 3.8) is 0 Å². The molecule has 0 radical (unpaired) electrons. The predicted octanol–water partition coefficient (Wildman–Crippen LogP) is 2.35. The van der Waals surface area contributed by atoms with E-state index in [1.54, 1.807) is 7.11 Å². The minimum Gasteiger partial charge on any atom is -0.383 e. The number of hydrogen-bond donors (Lipinski definition) is 1. The van der Waals surface area contributed by atoms with Crippen LogP contribution in [0.1, 0.15) is 19.4 Å². The van der Waals surface area contributed by atoms with Crippen molar-refractivity contribution in [2.24, 2.45) is 0 Å². The second-order valence-electron chi connectivity index (χ2n) is 4.86. The highest BCUT2D eigenvalue weighted by atomic mass is 32.1. The first-order valence-electron chi connectivity index (χ1n) is 6.30. The van der Waals surface area contributed by atoms with Crippen LogP contribution in [0.2, 0.25) is 0 Å². The molecule has 2 rings (SSSR count). The average Bonchev–Trinajstić information content (AvgIpc) is 2.64. The van der Waals surface area contributed by atoms with Crippen LogP contribution in [0.4, 0.5) is 5.69 Å². The fraction of sp³-hybridized carbons (Fsp3) is 0.500. The van der Waals surface area contributed by atoms with E-state index in [-0.39, 0.29) is 6.04 Å². The number of rotatable bonds is 3. The van der Waals surface area contributed by atoms with Gasteiger partial charge in [-0.05, 0) is 44.1 Å². The SMILES string of the molecule is COC[C@@H](C)NC(=S)N1c2ccccc2C[C@@H]1C. The molecule has 0 unspecified atom stereocenters. The molecule has 1 aliphatic rings. The molecule has 2 atom stereocenters. The topological polar surface area (TPSA) is 24.5 Å². The molecule has 4 heteroatoms. The molecule has 0 saturated carbocycles. The lowest BCUT2D eigenvalue weighted by Gasteiger charge is -2.28. The lowest BCUT2D eigenvalue weighted by Crippen LogP contribution is -2.47. The number of nitrogens with zero attached hydrogens (tertiary/aromatic N) is 1. The third-order valence-corrected chi connectivity index (χ3v) is 3.53. The lowest BCUT2D eigenvalue weighted by atomic mass is 10.1. The van der Waals surface area contributed by atoms with E-state index in [1.807, 2.05) is 0 Å². The van der Waals surface area contributed by atoms with Crippen LogP contribution in [-0.2, 0) is 11.2 Å². The van der Waals surface area contributed by atoms with Crippen molar-refractivity contribution >= 4 is 23.0 Å².